The van der Waals surface area contributed by atoms with Gasteiger partial charge < -0.3 is 10.5 Å². The van der Waals surface area contributed by atoms with Gasteiger partial charge in [0, 0.05) is 12.0 Å². The first-order chi connectivity index (χ1) is 11.5. The zero-order chi connectivity index (χ0) is 17.1. The lowest BCUT2D eigenvalue weighted by Crippen LogP contribution is -2.39. The van der Waals surface area contributed by atoms with Crippen LogP contribution in [0.15, 0.2) is 50.7 Å². The van der Waals surface area contributed by atoms with E-state index in [0.29, 0.717) is 5.69 Å². The number of esters is 1. The third kappa shape index (κ3) is 3.65. The number of carbonyl (C=O) groups excluding carboxylic acids is 2. The topological polar surface area (TPSA) is 85.0 Å². The summed E-state index contributed by atoms with van der Waals surface area (Å²) in [6, 6.07) is 10.3. The van der Waals surface area contributed by atoms with Crippen LogP contribution in [0.25, 0.3) is 0 Å². The highest BCUT2D eigenvalue weighted by atomic mass is 79.9. The molecule has 0 radical (unpaired) electrons. The number of benzene rings is 1. The number of amides is 1. The number of hydrogen-bond acceptors (Lipinski definition) is 6. The van der Waals surface area contributed by atoms with Crippen molar-refractivity contribution in [3.05, 3.63) is 51.1 Å². The van der Waals surface area contributed by atoms with E-state index in [9.17, 15) is 9.59 Å². The summed E-state index contributed by atoms with van der Waals surface area (Å²) in [5.41, 5.74) is 7.23. The molecule has 0 fully saturated rings. The van der Waals surface area contributed by atoms with Crippen LogP contribution >= 0.6 is 27.3 Å². The number of rotatable bonds is 5. The Kier molecular flexibility index (Phi) is 4.96. The first-order valence-corrected chi connectivity index (χ1v) is 8.83. The van der Waals surface area contributed by atoms with E-state index >= 15 is 0 Å². The first kappa shape index (κ1) is 16.7. The second-order valence-corrected chi connectivity index (χ2v) is 7.47. The van der Waals surface area contributed by atoms with Crippen molar-refractivity contribution >= 4 is 50.5 Å². The van der Waals surface area contributed by atoms with Gasteiger partial charge in [-0.15, -0.1) is 11.3 Å². The number of nitrogens with two attached hydrogens (primary N) is 1. The van der Waals surface area contributed by atoms with Crippen molar-refractivity contribution in [3.8, 4) is 0 Å². The van der Waals surface area contributed by atoms with Gasteiger partial charge in [-0.05, 0) is 39.5 Å². The fourth-order valence-corrected chi connectivity index (χ4v) is 3.52. The standard InChI is InChI=1S/C16H14BrN3O3S/c17-14-6-10(9-24-14)8-23-16(22)12-7-13(15(18)21)20(19-12)11-4-2-1-3-5-11/h1-6,9,13H,7-8H2,(H2,18,21)/t13-/m1/s1. The van der Waals surface area contributed by atoms with Crippen LogP contribution in [-0.4, -0.2) is 23.6 Å². The minimum Gasteiger partial charge on any atom is -0.456 e. The fourth-order valence-electron chi connectivity index (χ4n) is 2.33. The molecular weight excluding hydrogens is 394 g/mol. The van der Waals surface area contributed by atoms with Crippen molar-refractivity contribution in [2.24, 2.45) is 10.8 Å². The van der Waals surface area contributed by atoms with E-state index in [0.717, 1.165) is 9.35 Å². The van der Waals surface area contributed by atoms with E-state index in [4.69, 9.17) is 10.5 Å². The molecule has 1 aromatic carbocycles. The highest BCUT2D eigenvalue weighted by Crippen LogP contribution is 2.25. The zero-order valence-corrected chi connectivity index (χ0v) is 14.9. The SMILES string of the molecule is NC(=O)[C@H]1CC(C(=O)OCc2csc(Br)c2)=NN1c1ccccc1. The lowest BCUT2D eigenvalue weighted by Gasteiger charge is -2.20. The lowest BCUT2D eigenvalue weighted by atomic mass is 10.1. The minimum absolute atomic E-state index is 0.135. The number of thiophene rings is 1. The molecule has 24 heavy (non-hydrogen) atoms. The molecule has 0 aliphatic carbocycles. The van der Waals surface area contributed by atoms with Crippen LogP contribution < -0.4 is 10.7 Å². The van der Waals surface area contributed by atoms with Gasteiger partial charge in [0.2, 0.25) is 5.91 Å². The van der Waals surface area contributed by atoms with E-state index in [-0.39, 0.29) is 18.7 Å². The molecule has 0 saturated carbocycles. The Morgan fingerprint density at radius 1 is 1.38 bits per heavy atom. The molecule has 0 bridgehead atoms. The molecule has 1 aromatic heterocycles. The van der Waals surface area contributed by atoms with Crippen LogP contribution in [0.5, 0.6) is 0 Å². The molecule has 2 heterocycles. The smallest absolute Gasteiger partial charge is 0.354 e. The van der Waals surface area contributed by atoms with E-state index in [1.54, 1.807) is 12.1 Å². The number of hydrogen-bond donors (Lipinski definition) is 1. The third-order valence-corrected chi connectivity index (χ3v) is 5.04. The summed E-state index contributed by atoms with van der Waals surface area (Å²) in [4.78, 5) is 23.9. The van der Waals surface area contributed by atoms with Crippen LogP contribution in [0.4, 0.5) is 5.69 Å². The molecule has 2 N–H and O–H groups in total. The summed E-state index contributed by atoms with van der Waals surface area (Å²) >= 11 is 4.88. The molecule has 0 unspecified atom stereocenters. The molecule has 1 aliphatic heterocycles. The Balaban J connectivity index is 1.72. The second-order valence-electron chi connectivity index (χ2n) is 5.18. The van der Waals surface area contributed by atoms with Gasteiger partial charge >= 0.3 is 5.97 Å². The van der Waals surface area contributed by atoms with Gasteiger partial charge in [0.15, 0.2) is 0 Å². The largest absolute Gasteiger partial charge is 0.456 e. The summed E-state index contributed by atoms with van der Waals surface area (Å²) in [5.74, 6) is -1.07. The molecule has 3 rings (SSSR count). The van der Waals surface area contributed by atoms with E-state index < -0.39 is 17.9 Å². The van der Waals surface area contributed by atoms with Gasteiger partial charge in [0.1, 0.15) is 18.4 Å². The van der Waals surface area contributed by atoms with Crippen molar-refractivity contribution in [3.63, 3.8) is 0 Å². The maximum Gasteiger partial charge on any atom is 0.354 e. The minimum atomic E-state index is -0.690. The predicted octanol–water partition coefficient (Wildman–Crippen LogP) is 2.67. The van der Waals surface area contributed by atoms with E-state index in [2.05, 4.69) is 21.0 Å². The molecule has 0 spiro atoms. The summed E-state index contributed by atoms with van der Waals surface area (Å²) in [5, 5.41) is 7.62. The third-order valence-electron chi connectivity index (χ3n) is 3.49. The number of nitrogens with zero attached hydrogens (tertiary/aromatic N) is 2. The van der Waals surface area contributed by atoms with Crippen molar-refractivity contribution < 1.29 is 14.3 Å². The molecule has 1 aliphatic rings. The molecule has 2 aromatic rings. The number of carbonyl (C=O) groups is 2. The number of anilines is 1. The Morgan fingerprint density at radius 3 is 2.75 bits per heavy atom. The maximum atomic E-state index is 12.2. The van der Waals surface area contributed by atoms with Crippen LogP contribution in [0.3, 0.4) is 0 Å². The van der Waals surface area contributed by atoms with Crippen molar-refractivity contribution in [2.75, 3.05) is 5.01 Å². The van der Waals surface area contributed by atoms with Gasteiger partial charge in [0.25, 0.3) is 0 Å². The molecule has 1 amide bonds. The van der Waals surface area contributed by atoms with Crippen molar-refractivity contribution in [2.45, 2.75) is 19.1 Å². The average molecular weight is 408 g/mol. The molecule has 0 saturated heterocycles. The lowest BCUT2D eigenvalue weighted by molar-refractivity contribution is -0.136. The summed E-state index contributed by atoms with van der Waals surface area (Å²) < 4.78 is 6.24. The van der Waals surface area contributed by atoms with Crippen LogP contribution in [-0.2, 0) is 20.9 Å². The van der Waals surface area contributed by atoms with Crippen molar-refractivity contribution in [1.82, 2.24) is 0 Å². The maximum absolute atomic E-state index is 12.2. The van der Waals surface area contributed by atoms with Gasteiger partial charge in [-0.3, -0.25) is 9.80 Å². The molecule has 6 nitrogen and oxygen atoms in total. The highest BCUT2D eigenvalue weighted by Gasteiger charge is 2.35. The normalized spacial score (nSPS) is 16.8. The number of primary amides is 1. The monoisotopic (exact) mass is 407 g/mol. The van der Waals surface area contributed by atoms with Crippen LogP contribution in [0.2, 0.25) is 0 Å². The summed E-state index contributed by atoms with van der Waals surface area (Å²) in [6.07, 6.45) is 0.135. The molecule has 124 valence electrons. The van der Waals surface area contributed by atoms with Crippen LogP contribution in [0.1, 0.15) is 12.0 Å². The molecular formula is C16H14BrN3O3S. The Labute approximate surface area is 151 Å². The Bertz CT molecular complexity index is 791. The fraction of sp³-hybridized carbons (Fsp3) is 0.188. The van der Waals surface area contributed by atoms with Gasteiger partial charge in [0.05, 0.1) is 9.47 Å². The number of hydrazone groups is 1. The van der Waals surface area contributed by atoms with Gasteiger partial charge in [-0.1, -0.05) is 18.2 Å². The first-order valence-electron chi connectivity index (χ1n) is 7.15. The quantitative estimate of drug-likeness (QED) is 0.771. The highest BCUT2D eigenvalue weighted by molar-refractivity contribution is 9.11. The number of ether oxygens (including phenoxy) is 1. The zero-order valence-electron chi connectivity index (χ0n) is 12.5. The van der Waals surface area contributed by atoms with Gasteiger partial charge in [-0.2, -0.15) is 5.10 Å². The second kappa shape index (κ2) is 7.14. The van der Waals surface area contributed by atoms with Crippen LogP contribution in [0, 0.1) is 0 Å². The average Bonchev–Trinajstić information content (AvgIpc) is 3.20. The van der Waals surface area contributed by atoms with Crippen molar-refractivity contribution in [1.29, 1.82) is 0 Å². The number of halogens is 1. The van der Waals surface area contributed by atoms with Gasteiger partial charge in [-0.25, -0.2) is 4.79 Å². The molecule has 8 heteroatoms. The predicted molar refractivity (Wildman–Crippen MR) is 95.8 cm³/mol. The van der Waals surface area contributed by atoms with E-state index in [1.165, 1.54) is 16.3 Å². The van der Waals surface area contributed by atoms with E-state index in [1.807, 2.05) is 29.6 Å². The number of para-hydroxylation sites is 1. The molecule has 1 atom stereocenters. The summed E-state index contributed by atoms with van der Waals surface area (Å²) in [7, 11) is 0. The Hall–Kier alpha value is -2.19. The Morgan fingerprint density at radius 2 is 2.12 bits per heavy atom. The summed E-state index contributed by atoms with van der Waals surface area (Å²) in [6.45, 7) is 0.159.